The molecule has 7 nitrogen and oxygen atoms in total. The van der Waals surface area contributed by atoms with Crippen LogP contribution in [0.25, 0.3) is 22.0 Å². The molecule has 0 saturated carbocycles. The lowest BCUT2D eigenvalue weighted by Gasteiger charge is -2.22. The normalized spacial score (nSPS) is 18.6. The van der Waals surface area contributed by atoms with Gasteiger partial charge >= 0.3 is 0 Å². The molecule has 0 bridgehead atoms. The summed E-state index contributed by atoms with van der Waals surface area (Å²) < 4.78 is 25.5. The van der Waals surface area contributed by atoms with Gasteiger partial charge in [-0.25, -0.2) is 4.39 Å². The van der Waals surface area contributed by atoms with Crippen LogP contribution in [0.4, 0.5) is 10.2 Å². The highest BCUT2D eigenvalue weighted by molar-refractivity contribution is 7.85. The zero-order valence-electron chi connectivity index (χ0n) is 16.9. The first-order valence-corrected chi connectivity index (χ1v) is 11.6. The third-order valence-electron chi connectivity index (χ3n) is 5.48. The van der Waals surface area contributed by atoms with Crippen molar-refractivity contribution in [1.82, 2.24) is 20.2 Å². The van der Waals surface area contributed by atoms with Gasteiger partial charge in [-0.15, -0.1) is 0 Å². The monoisotopic (exact) mass is 441 g/mol. The number of H-pyrrole nitrogens is 1. The highest BCUT2D eigenvalue weighted by Gasteiger charge is 2.23. The summed E-state index contributed by atoms with van der Waals surface area (Å²) in [5, 5.41) is 17.3. The second-order valence-corrected chi connectivity index (χ2v) is 9.21. The standard InChI is InChI=1S/C22H24FN5O2S/c23-18-1-2-20-15(10-18)9-16(11-25-20)17-12-26-21(14-4-7-31(30)8-5-14)19(3-6-29)22(24)28-27-13-17/h1-2,9-14,28-29H,3-8,24H2. The molecular weight excluding hydrogens is 417 g/mol. The lowest BCUT2D eigenvalue weighted by Crippen LogP contribution is -2.19. The van der Waals surface area contributed by atoms with Crippen molar-refractivity contribution in [1.29, 1.82) is 0 Å². The van der Waals surface area contributed by atoms with Gasteiger partial charge in [0.1, 0.15) is 11.6 Å². The van der Waals surface area contributed by atoms with Gasteiger partial charge in [0.15, 0.2) is 0 Å². The number of anilines is 1. The van der Waals surface area contributed by atoms with Crippen LogP contribution in [-0.4, -0.2) is 47.6 Å². The molecule has 1 aliphatic heterocycles. The molecule has 1 aromatic carbocycles. The molecule has 9 heteroatoms. The van der Waals surface area contributed by atoms with Gasteiger partial charge in [-0.1, -0.05) is 0 Å². The topological polar surface area (TPSA) is 118 Å². The van der Waals surface area contributed by atoms with Crippen molar-refractivity contribution in [2.24, 2.45) is 0 Å². The number of hydrogen-bond donors (Lipinski definition) is 3. The molecule has 0 unspecified atom stereocenters. The summed E-state index contributed by atoms with van der Waals surface area (Å²) in [6.45, 7) is -0.0736. The minimum Gasteiger partial charge on any atom is -0.396 e. The quantitative estimate of drug-likeness (QED) is 0.573. The molecule has 2 aromatic heterocycles. The summed E-state index contributed by atoms with van der Waals surface area (Å²) in [6.07, 6.45) is 6.81. The van der Waals surface area contributed by atoms with Gasteiger partial charge in [-0.2, -0.15) is 5.10 Å². The molecule has 4 rings (SSSR count). The Kier molecular flexibility index (Phi) is 6.53. The second kappa shape index (κ2) is 9.49. The highest BCUT2D eigenvalue weighted by atomic mass is 32.2. The number of aromatic amines is 1. The molecule has 1 aliphatic rings. The Morgan fingerprint density at radius 3 is 2.68 bits per heavy atom. The number of benzene rings is 1. The number of hydrogen-bond acceptors (Lipinski definition) is 6. The van der Waals surface area contributed by atoms with Crippen LogP contribution in [0.1, 0.15) is 30.0 Å². The average molecular weight is 442 g/mol. The molecule has 31 heavy (non-hydrogen) atoms. The van der Waals surface area contributed by atoms with E-state index in [-0.39, 0.29) is 18.3 Å². The Labute approximate surface area is 181 Å². The molecule has 3 heterocycles. The minimum absolute atomic E-state index is 0.0736. The Hall–Kier alpha value is -2.91. The van der Waals surface area contributed by atoms with E-state index in [1.54, 1.807) is 24.7 Å². The zero-order chi connectivity index (χ0) is 21.8. The number of pyridine rings is 1. The lowest BCUT2D eigenvalue weighted by atomic mass is 9.94. The van der Waals surface area contributed by atoms with Crippen LogP contribution in [-0.2, 0) is 17.2 Å². The Morgan fingerprint density at radius 2 is 1.90 bits per heavy atom. The van der Waals surface area contributed by atoms with E-state index in [2.05, 4.69) is 15.2 Å². The SMILES string of the molecule is Nc1[nH]ncc(-c2cnc3ccc(F)cc3c2)cnc(C2CCS(=O)CC2)c1CCO. The molecule has 0 aliphatic carbocycles. The summed E-state index contributed by atoms with van der Waals surface area (Å²) in [5.41, 5.74) is 9.83. The van der Waals surface area contributed by atoms with E-state index < -0.39 is 10.8 Å². The van der Waals surface area contributed by atoms with Gasteiger partial charge in [-0.3, -0.25) is 19.3 Å². The van der Waals surface area contributed by atoms with Crippen molar-refractivity contribution < 1.29 is 13.7 Å². The number of halogens is 1. The van der Waals surface area contributed by atoms with E-state index in [1.165, 1.54) is 12.1 Å². The van der Waals surface area contributed by atoms with E-state index >= 15 is 0 Å². The van der Waals surface area contributed by atoms with Crippen LogP contribution >= 0.6 is 0 Å². The minimum atomic E-state index is -0.799. The largest absolute Gasteiger partial charge is 0.396 e. The van der Waals surface area contributed by atoms with E-state index in [0.29, 0.717) is 45.8 Å². The van der Waals surface area contributed by atoms with Crippen molar-refractivity contribution >= 4 is 27.5 Å². The molecule has 4 N–H and O–H groups in total. The summed E-state index contributed by atoms with van der Waals surface area (Å²) >= 11 is 0. The number of nitrogen functional groups attached to an aromatic ring is 1. The molecule has 0 radical (unpaired) electrons. The number of nitrogens with one attached hydrogen (secondary N) is 1. The van der Waals surface area contributed by atoms with Crippen LogP contribution in [0.5, 0.6) is 0 Å². The lowest BCUT2D eigenvalue weighted by molar-refractivity contribution is 0.299. The van der Waals surface area contributed by atoms with E-state index in [1.807, 2.05) is 6.07 Å². The zero-order valence-corrected chi connectivity index (χ0v) is 17.7. The van der Waals surface area contributed by atoms with Crippen LogP contribution < -0.4 is 5.73 Å². The van der Waals surface area contributed by atoms with Gasteiger partial charge in [-0.05, 0) is 37.1 Å². The van der Waals surface area contributed by atoms with Crippen molar-refractivity contribution in [3.8, 4) is 11.1 Å². The number of nitrogens with zero attached hydrogens (tertiary/aromatic N) is 3. The number of aliphatic hydroxyl groups excluding tert-OH is 1. The summed E-state index contributed by atoms with van der Waals surface area (Å²) in [5.74, 6) is 1.35. The molecule has 0 amide bonds. The van der Waals surface area contributed by atoms with E-state index in [9.17, 15) is 13.7 Å². The number of rotatable bonds is 4. The Morgan fingerprint density at radius 1 is 1.13 bits per heavy atom. The Bertz CT molecular complexity index is 1170. The molecule has 0 atom stereocenters. The fourth-order valence-electron chi connectivity index (χ4n) is 3.83. The predicted octanol–water partition coefficient (Wildman–Crippen LogP) is 3.03. The molecule has 3 aromatic rings. The fourth-order valence-corrected chi connectivity index (χ4v) is 5.13. The highest BCUT2D eigenvalue weighted by Crippen LogP contribution is 2.30. The summed E-state index contributed by atoms with van der Waals surface area (Å²) in [4.78, 5) is 9.18. The maximum absolute atomic E-state index is 13.7. The molecule has 1 saturated heterocycles. The predicted molar refractivity (Wildman–Crippen MR) is 120 cm³/mol. The van der Waals surface area contributed by atoms with Gasteiger partial charge in [0, 0.05) is 75.7 Å². The van der Waals surface area contributed by atoms with Gasteiger partial charge in [0.2, 0.25) is 0 Å². The van der Waals surface area contributed by atoms with Gasteiger partial charge in [0.05, 0.1) is 17.4 Å². The van der Waals surface area contributed by atoms with Crippen molar-refractivity contribution in [2.45, 2.75) is 25.2 Å². The van der Waals surface area contributed by atoms with Crippen molar-refractivity contribution in [3.63, 3.8) is 0 Å². The molecule has 0 spiro atoms. The van der Waals surface area contributed by atoms with Crippen LogP contribution in [0, 0.1) is 5.82 Å². The van der Waals surface area contributed by atoms with Crippen molar-refractivity contribution in [3.05, 3.63) is 59.9 Å². The van der Waals surface area contributed by atoms with E-state index in [0.717, 1.165) is 24.1 Å². The van der Waals surface area contributed by atoms with E-state index in [4.69, 9.17) is 10.7 Å². The Balaban J connectivity index is 1.85. The maximum Gasteiger partial charge on any atom is 0.123 e. The molecule has 1 fully saturated rings. The van der Waals surface area contributed by atoms with Gasteiger partial charge < -0.3 is 10.8 Å². The number of aliphatic hydroxyl groups is 1. The van der Waals surface area contributed by atoms with Crippen molar-refractivity contribution in [2.75, 3.05) is 23.8 Å². The third-order valence-corrected chi connectivity index (χ3v) is 6.86. The first kappa shape index (κ1) is 21.3. The van der Waals surface area contributed by atoms with Crippen LogP contribution in [0.2, 0.25) is 0 Å². The fraction of sp³-hybridized carbons (Fsp3) is 0.318. The summed E-state index contributed by atoms with van der Waals surface area (Å²) in [7, 11) is -0.799. The molecule has 162 valence electrons. The number of nitrogens with two attached hydrogens (primary N) is 1. The molecular formula is C22H24FN5O2S. The van der Waals surface area contributed by atoms with Crippen LogP contribution in [0.15, 0.2) is 42.9 Å². The third kappa shape index (κ3) is 4.88. The average Bonchev–Trinajstić information content (AvgIpc) is 2.84. The maximum atomic E-state index is 13.7. The second-order valence-electron chi connectivity index (χ2n) is 7.52. The van der Waals surface area contributed by atoms with Crippen LogP contribution in [0.3, 0.4) is 0 Å². The first-order valence-electron chi connectivity index (χ1n) is 10.1. The van der Waals surface area contributed by atoms with Gasteiger partial charge in [0.25, 0.3) is 0 Å². The number of fused-ring (bicyclic) bond motifs is 1. The smallest absolute Gasteiger partial charge is 0.123 e. The first-order chi connectivity index (χ1) is 15.0. The summed E-state index contributed by atoms with van der Waals surface area (Å²) in [6, 6.07) is 6.29. The number of aromatic nitrogens is 4.